The summed E-state index contributed by atoms with van der Waals surface area (Å²) in [5.74, 6) is 1.03. The average Bonchev–Trinajstić information content (AvgIpc) is 3.30. The van der Waals surface area contributed by atoms with Crippen LogP contribution in [0, 0.1) is 0 Å². The van der Waals surface area contributed by atoms with Gasteiger partial charge in [-0.15, -0.1) is 10.2 Å². The Bertz CT molecular complexity index is 1290. The summed E-state index contributed by atoms with van der Waals surface area (Å²) in [6.45, 7) is 2.67. The molecule has 1 aliphatic carbocycles. The molecular formula is C28H29N5OS. The minimum atomic E-state index is -0.0371. The van der Waals surface area contributed by atoms with Gasteiger partial charge in [0.05, 0.1) is 18.3 Å². The monoisotopic (exact) mass is 483 g/mol. The number of nitrogens with zero attached hydrogens (tertiary/aromatic N) is 4. The lowest BCUT2D eigenvalue weighted by atomic mass is 9.89. The molecule has 0 unspecified atom stereocenters. The van der Waals surface area contributed by atoms with Crippen LogP contribution in [0.25, 0.3) is 11.4 Å². The van der Waals surface area contributed by atoms with E-state index >= 15 is 0 Å². The van der Waals surface area contributed by atoms with Crippen molar-refractivity contribution in [3.8, 4) is 11.4 Å². The minimum Gasteiger partial charge on any atom is -0.349 e. The molecule has 0 spiro atoms. The Hall–Kier alpha value is -3.45. The summed E-state index contributed by atoms with van der Waals surface area (Å²) >= 11 is 1.41. The summed E-state index contributed by atoms with van der Waals surface area (Å²) in [5.41, 5.74) is 6.14. The van der Waals surface area contributed by atoms with E-state index in [4.69, 9.17) is 0 Å². The second-order valence-corrected chi connectivity index (χ2v) is 9.87. The molecule has 2 heterocycles. The minimum absolute atomic E-state index is 0.0139. The first-order valence-electron chi connectivity index (χ1n) is 12.1. The smallest absolute Gasteiger partial charge is 0.230 e. The van der Waals surface area contributed by atoms with E-state index in [-0.39, 0.29) is 17.7 Å². The molecule has 35 heavy (non-hydrogen) atoms. The summed E-state index contributed by atoms with van der Waals surface area (Å²) in [7, 11) is 0. The van der Waals surface area contributed by atoms with Crippen LogP contribution in [0.3, 0.4) is 0 Å². The van der Waals surface area contributed by atoms with Crippen molar-refractivity contribution in [2.45, 2.75) is 50.4 Å². The molecule has 1 atom stereocenters. The zero-order valence-electron chi connectivity index (χ0n) is 19.9. The molecule has 0 aliphatic heterocycles. The van der Waals surface area contributed by atoms with Crippen molar-refractivity contribution in [3.05, 3.63) is 95.3 Å². The van der Waals surface area contributed by atoms with Crippen LogP contribution < -0.4 is 5.32 Å². The molecule has 5 rings (SSSR count). The molecule has 1 N–H and O–H groups in total. The number of pyridine rings is 1. The SMILES string of the molecule is C[C@@H](NC(=O)CSc1nnc(-c2ccncc2)n1Cc1ccccc1)c1ccc2c(c1)CCCC2. The maximum Gasteiger partial charge on any atom is 0.230 e. The number of carbonyl (C=O) groups excluding carboxylic acids is 1. The van der Waals surface area contributed by atoms with Crippen LogP contribution in [0.1, 0.15) is 48.1 Å². The summed E-state index contributed by atoms with van der Waals surface area (Å²) in [4.78, 5) is 16.9. The lowest BCUT2D eigenvalue weighted by Crippen LogP contribution is -2.28. The fourth-order valence-corrected chi connectivity index (χ4v) is 5.29. The highest BCUT2D eigenvalue weighted by Gasteiger charge is 2.18. The van der Waals surface area contributed by atoms with Crippen LogP contribution in [0.15, 0.2) is 78.2 Å². The van der Waals surface area contributed by atoms with Crippen molar-refractivity contribution in [2.24, 2.45) is 0 Å². The van der Waals surface area contributed by atoms with Crippen LogP contribution in [0.5, 0.6) is 0 Å². The molecule has 0 fully saturated rings. The molecule has 178 valence electrons. The highest BCUT2D eigenvalue weighted by molar-refractivity contribution is 7.99. The molecule has 0 saturated carbocycles. The molecule has 1 aliphatic rings. The van der Waals surface area contributed by atoms with Crippen molar-refractivity contribution in [1.82, 2.24) is 25.1 Å². The number of fused-ring (bicyclic) bond motifs is 1. The van der Waals surface area contributed by atoms with E-state index in [2.05, 4.69) is 55.4 Å². The Labute approximate surface area is 210 Å². The van der Waals surface area contributed by atoms with Gasteiger partial charge in [0.15, 0.2) is 11.0 Å². The first kappa shape index (κ1) is 23.3. The van der Waals surface area contributed by atoms with E-state index in [0.29, 0.717) is 6.54 Å². The van der Waals surface area contributed by atoms with E-state index in [1.165, 1.54) is 35.7 Å². The molecule has 0 saturated heterocycles. The van der Waals surface area contributed by atoms with Gasteiger partial charge in [0, 0.05) is 18.0 Å². The average molecular weight is 484 g/mol. The van der Waals surface area contributed by atoms with Crippen LogP contribution in [0.2, 0.25) is 0 Å². The van der Waals surface area contributed by atoms with Gasteiger partial charge in [-0.1, -0.05) is 60.3 Å². The fourth-order valence-electron chi connectivity index (χ4n) is 4.54. The number of nitrogens with one attached hydrogen (secondary N) is 1. The van der Waals surface area contributed by atoms with Crippen LogP contribution in [0.4, 0.5) is 0 Å². The fraction of sp³-hybridized carbons (Fsp3) is 0.286. The number of hydrogen-bond donors (Lipinski definition) is 1. The Morgan fingerprint density at radius 1 is 1.00 bits per heavy atom. The van der Waals surface area contributed by atoms with Crippen molar-refractivity contribution in [1.29, 1.82) is 0 Å². The number of aryl methyl sites for hydroxylation is 2. The van der Waals surface area contributed by atoms with Gasteiger partial charge < -0.3 is 5.32 Å². The second-order valence-electron chi connectivity index (χ2n) is 8.93. The van der Waals surface area contributed by atoms with Crippen LogP contribution in [-0.2, 0) is 24.2 Å². The maximum absolute atomic E-state index is 12.8. The summed E-state index contributed by atoms with van der Waals surface area (Å²) in [6, 6.07) is 20.7. The van der Waals surface area contributed by atoms with Gasteiger partial charge in [0.1, 0.15) is 0 Å². The first-order chi connectivity index (χ1) is 17.2. The first-order valence-corrected chi connectivity index (χ1v) is 13.1. The largest absolute Gasteiger partial charge is 0.349 e. The van der Waals surface area contributed by atoms with E-state index in [1.54, 1.807) is 12.4 Å². The molecule has 7 heteroatoms. The van der Waals surface area contributed by atoms with Crippen molar-refractivity contribution < 1.29 is 4.79 Å². The van der Waals surface area contributed by atoms with Gasteiger partial charge in [0.25, 0.3) is 0 Å². The number of aromatic nitrogens is 4. The number of thioether (sulfide) groups is 1. The quantitative estimate of drug-likeness (QED) is 0.347. The number of amides is 1. The summed E-state index contributed by atoms with van der Waals surface area (Å²) < 4.78 is 2.07. The van der Waals surface area contributed by atoms with E-state index in [1.807, 2.05) is 37.3 Å². The number of rotatable bonds is 8. The number of hydrogen-bond acceptors (Lipinski definition) is 5. The lowest BCUT2D eigenvalue weighted by Gasteiger charge is -2.20. The molecule has 6 nitrogen and oxygen atoms in total. The zero-order chi connectivity index (χ0) is 24.0. The molecule has 2 aromatic heterocycles. The molecule has 2 aromatic carbocycles. The highest BCUT2D eigenvalue weighted by atomic mass is 32.2. The molecular weight excluding hydrogens is 454 g/mol. The predicted octanol–water partition coefficient (Wildman–Crippen LogP) is 5.24. The summed E-state index contributed by atoms with van der Waals surface area (Å²) in [5, 5.41) is 12.7. The Morgan fingerprint density at radius 2 is 1.77 bits per heavy atom. The Kier molecular flexibility index (Phi) is 7.23. The van der Waals surface area contributed by atoms with E-state index in [0.717, 1.165) is 40.5 Å². The molecule has 0 bridgehead atoms. The molecule has 0 radical (unpaired) electrons. The third kappa shape index (κ3) is 5.62. The highest BCUT2D eigenvalue weighted by Crippen LogP contribution is 2.26. The topological polar surface area (TPSA) is 72.7 Å². The zero-order valence-corrected chi connectivity index (χ0v) is 20.7. The van der Waals surface area contributed by atoms with Gasteiger partial charge in [-0.05, 0) is 67.0 Å². The second kappa shape index (κ2) is 10.9. The standard InChI is InChI=1S/C28H29N5OS/c1-20(24-12-11-22-9-5-6-10-25(22)17-24)30-26(34)19-35-28-32-31-27(23-13-15-29-16-14-23)33(28)18-21-7-3-2-4-8-21/h2-4,7-8,11-17,20H,5-6,9-10,18-19H2,1H3,(H,30,34)/t20-/m1/s1. The van der Waals surface area contributed by atoms with E-state index in [9.17, 15) is 4.79 Å². The molecule has 4 aromatic rings. The van der Waals surface area contributed by atoms with Gasteiger partial charge in [0.2, 0.25) is 5.91 Å². The van der Waals surface area contributed by atoms with Crippen LogP contribution in [-0.4, -0.2) is 31.4 Å². The van der Waals surface area contributed by atoms with Gasteiger partial charge in [-0.2, -0.15) is 0 Å². The Balaban J connectivity index is 1.28. The van der Waals surface area contributed by atoms with Crippen molar-refractivity contribution >= 4 is 17.7 Å². The van der Waals surface area contributed by atoms with Gasteiger partial charge >= 0.3 is 0 Å². The number of carbonyl (C=O) groups is 1. The normalized spacial score (nSPS) is 13.7. The molecule has 1 amide bonds. The third-order valence-corrected chi connectivity index (χ3v) is 7.39. The summed E-state index contributed by atoms with van der Waals surface area (Å²) in [6.07, 6.45) is 8.32. The maximum atomic E-state index is 12.8. The van der Waals surface area contributed by atoms with Gasteiger partial charge in [-0.25, -0.2) is 0 Å². The van der Waals surface area contributed by atoms with Crippen molar-refractivity contribution in [3.63, 3.8) is 0 Å². The van der Waals surface area contributed by atoms with E-state index < -0.39 is 0 Å². The third-order valence-electron chi connectivity index (χ3n) is 6.42. The lowest BCUT2D eigenvalue weighted by molar-refractivity contribution is -0.119. The van der Waals surface area contributed by atoms with Gasteiger partial charge in [-0.3, -0.25) is 14.3 Å². The Morgan fingerprint density at radius 3 is 2.57 bits per heavy atom. The van der Waals surface area contributed by atoms with Crippen LogP contribution >= 0.6 is 11.8 Å². The van der Waals surface area contributed by atoms with Crippen molar-refractivity contribution in [2.75, 3.05) is 5.75 Å². The number of benzene rings is 2. The predicted molar refractivity (Wildman–Crippen MR) is 139 cm³/mol.